The predicted octanol–water partition coefficient (Wildman–Crippen LogP) is 5.79. The van der Waals surface area contributed by atoms with Gasteiger partial charge in [-0.2, -0.15) is 0 Å². The van der Waals surface area contributed by atoms with Gasteiger partial charge < -0.3 is 10.1 Å². The number of carbonyl (C=O) groups is 1. The number of hydrogen-bond donors (Lipinski definition) is 2. The number of benzene rings is 4. The van der Waals surface area contributed by atoms with Gasteiger partial charge in [0.05, 0.1) is 4.90 Å². The minimum Gasteiger partial charge on any atom is -0.484 e. The van der Waals surface area contributed by atoms with Gasteiger partial charge in [0.25, 0.3) is 15.9 Å². The lowest BCUT2D eigenvalue weighted by molar-refractivity contribution is -0.118. The summed E-state index contributed by atoms with van der Waals surface area (Å²) in [6.07, 6.45) is 0. The van der Waals surface area contributed by atoms with Crippen molar-refractivity contribution in [2.75, 3.05) is 16.6 Å². The van der Waals surface area contributed by atoms with E-state index in [-0.39, 0.29) is 17.4 Å². The van der Waals surface area contributed by atoms with Crippen LogP contribution in [0.1, 0.15) is 11.1 Å². The fourth-order valence-electron chi connectivity index (χ4n) is 3.69. The van der Waals surface area contributed by atoms with Crippen LogP contribution in [0.25, 0.3) is 11.1 Å². The molecule has 6 nitrogen and oxygen atoms in total. The van der Waals surface area contributed by atoms with Gasteiger partial charge in [-0.1, -0.05) is 48.5 Å². The quantitative estimate of drug-likeness (QED) is 0.330. The molecule has 7 heteroatoms. The standard InChI is InChI=1S/C28H26N2O4S/c1-20-16-21(2)18-25(17-20)30-35(32,33)27-14-10-24(11-15-27)29-28(31)19-34-26-12-8-23(9-13-26)22-6-4-3-5-7-22/h3-18,30H,19H2,1-2H3,(H,29,31). The highest BCUT2D eigenvalue weighted by Crippen LogP contribution is 2.23. The fraction of sp³-hybridized carbons (Fsp3) is 0.107. The highest BCUT2D eigenvalue weighted by Gasteiger charge is 2.15. The number of rotatable bonds is 8. The van der Waals surface area contributed by atoms with Crippen LogP contribution in [0.4, 0.5) is 11.4 Å². The summed E-state index contributed by atoms with van der Waals surface area (Å²) in [5.74, 6) is 0.236. The van der Waals surface area contributed by atoms with Crippen molar-refractivity contribution in [3.63, 3.8) is 0 Å². The van der Waals surface area contributed by atoms with Crippen LogP contribution >= 0.6 is 0 Å². The van der Waals surface area contributed by atoms with Crippen molar-refractivity contribution in [1.29, 1.82) is 0 Å². The van der Waals surface area contributed by atoms with Crippen LogP contribution in [0.2, 0.25) is 0 Å². The number of hydrogen-bond acceptors (Lipinski definition) is 4. The molecular formula is C28H26N2O4S. The van der Waals surface area contributed by atoms with Gasteiger partial charge in [-0.25, -0.2) is 8.42 Å². The van der Waals surface area contributed by atoms with E-state index in [4.69, 9.17) is 4.74 Å². The second-order valence-corrected chi connectivity index (χ2v) is 9.92. The first kappa shape index (κ1) is 24.0. The highest BCUT2D eigenvalue weighted by atomic mass is 32.2. The van der Waals surface area contributed by atoms with Crippen molar-refractivity contribution in [2.45, 2.75) is 18.7 Å². The lowest BCUT2D eigenvalue weighted by Crippen LogP contribution is -2.20. The van der Waals surface area contributed by atoms with Gasteiger partial charge in [0, 0.05) is 11.4 Å². The van der Waals surface area contributed by atoms with Crippen molar-refractivity contribution < 1.29 is 17.9 Å². The molecule has 0 heterocycles. The van der Waals surface area contributed by atoms with Crippen LogP contribution < -0.4 is 14.8 Å². The van der Waals surface area contributed by atoms with Crippen molar-refractivity contribution in [3.8, 4) is 16.9 Å². The smallest absolute Gasteiger partial charge is 0.262 e. The third-order valence-corrected chi connectivity index (χ3v) is 6.65. The van der Waals surface area contributed by atoms with E-state index >= 15 is 0 Å². The monoisotopic (exact) mass is 486 g/mol. The van der Waals surface area contributed by atoms with Crippen LogP contribution in [0, 0.1) is 13.8 Å². The molecule has 178 valence electrons. The number of carbonyl (C=O) groups excluding carboxylic acids is 1. The molecule has 0 fully saturated rings. The van der Waals surface area contributed by atoms with Gasteiger partial charge in [-0.05, 0) is 84.6 Å². The average molecular weight is 487 g/mol. The molecule has 0 atom stereocenters. The summed E-state index contributed by atoms with van der Waals surface area (Å²) < 4.78 is 33.6. The van der Waals surface area contributed by atoms with Gasteiger partial charge in [0.1, 0.15) is 5.75 Å². The Labute approximate surface area is 205 Å². The lowest BCUT2D eigenvalue weighted by atomic mass is 10.1. The first-order valence-electron chi connectivity index (χ1n) is 11.1. The Morgan fingerprint density at radius 2 is 1.34 bits per heavy atom. The second kappa shape index (κ2) is 10.4. The predicted molar refractivity (Wildman–Crippen MR) is 139 cm³/mol. The maximum absolute atomic E-state index is 12.7. The van der Waals surface area contributed by atoms with E-state index in [0.717, 1.165) is 22.3 Å². The molecule has 1 amide bonds. The zero-order valence-corrected chi connectivity index (χ0v) is 20.3. The SMILES string of the molecule is Cc1cc(C)cc(NS(=O)(=O)c2ccc(NC(=O)COc3ccc(-c4ccccc4)cc3)cc2)c1. The Balaban J connectivity index is 1.32. The van der Waals surface area contributed by atoms with E-state index in [0.29, 0.717) is 17.1 Å². The normalized spacial score (nSPS) is 11.0. The van der Waals surface area contributed by atoms with Crippen LogP contribution in [0.5, 0.6) is 5.75 Å². The Kier molecular flexibility index (Phi) is 7.17. The fourth-order valence-corrected chi connectivity index (χ4v) is 4.73. The topological polar surface area (TPSA) is 84.5 Å². The molecule has 0 radical (unpaired) electrons. The minimum absolute atomic E-state index is 0.101. The van der Waals surface area contributed by atoms with Gasteiger partial charge in [0.15, 0.2) is 6.61 Å². The van der Waals surface area contributed by atoms with E-state index in [1.54, 1.807) is 24.3 Å². The minimum atomic E-state index is -3.75. The van der Waals surface area contributed by atoms with Crippen molar-refractivity contribution in [2.24, 2.45) is 0 Å². The van der Waals surface area contributed by atoms with Gasteiger partial charge in [-0.3, -0.25) is 9.52 Å². The summed E-state index contributed by atoms with van der Waals surface area (Å²) in [6, 6.07) is 29.0. The van der Waals surface area contributed by atoms with Crippen molar-refractivity contribution in [1.82, 2.24) is 0 Å². The van der Waals surface area contributed by atoms with Crippen LogP contribution in [0.3, 0.4) is 0 Å². The zero-order valence-electron chi connectivity index (χ0n) is 19.5. The van der Waals surface area contributed by atoms with Crippen molar-refractivity contribution in [3.05, 3.63) is 108 Å². The molecular weight excluding hydrogens is 460 g/mol. The number of amides is 1. The maximum atomic E-state index is 12.7. The third kappa shape index (κ3) is 6.49. The molecule has 0 spiro atoms. The van der Waals surface area contributed by atoms with Crippen LogP contribution in [-0.4, -0.2) is 20.9 Å². The summed E-state index contributed by atoms with van der Waals surface area (Å²) in [5.41, 5.74) is 5.08. The van der Waals surface area contributed by atoms with E-state index < -0.39 is 10.0 Å². The van der Waals surface area contributed by atoms with E-state index in [2.05, 4.69) is 10.0 Å². The summed E-state index contributed by atoms with van der Waals surface area (Å²) in [5, 5.41) is 2.71. The maximum Gasteiger partial charge on any atom is 0.262 e. The third-order valence-electron chi connectivity index (χ3n) is 5.25. The van der Waals surface area contributed by atoms with Gasteiger partial charge >= 0.3 is 0 Å². The molecule has 4 aromatic carbocycles. The van der Waals surface area contributed by atoms with Crippen LogP contribution in [-0.2, 0) is 14.8 Å². The summed E-state index contributed by atoms with van der Waals surface area (Å²) in [4.78, 5) is 12.4. The molecule has 0 aromatic heterocycles. The summed E-state index contributed by atoms with van der Waals surface area (Å²) in [7, 11) is -3.75. The molecule has 0 aliphatic rings. The molecule has 0 aliphatic heterocycles. The summed E-state index contributed by atoms with van der Waals surface area (Å²) in [6.45, 7) is 3.65. The average Bonchev–Trinajstić information content (AvgIpc) is 2.83. The largest absolute Gasteiger partial charge is 0.484 e. The van der Waals surface area contributed by atoms with Gasteiger partial charge in [0.2, 0.25) is 0 Å². The van der Waals surface area contributed by atoms with Gasteiger partial charge in [-0.15, -0.1) is 0 Å². The number of anilines is 2. The molecule has 0 aliphatic carbocycles. The molecule has 4 rings (SSSR count). The molecule has 4 aromatic rings. The number of nitrogens with one attached hydrogen (secondary N) is 2. The molecule has 0 bridgehead atoms. The second-order valence-electron chi connectivity index (χ2n) is 8.23. The van der Waals surface area contributed by atoms with Crippen LogP contribution in [0.15, 0.2) is 102 Å². The molecule has 0 unspecified atom stereocenters. The lowest BCUT2D eigenvalue weighted by Gasteiger charge is -2.11. The first-order valence-corrected chi connectivity index (χ1v) is 12.6. The number of aryl methyl sites for hydroxylation is 2. The van der Waals surface area contributed by atoms with E-state index in [9.17, 15) is 13.2 Å². The Bertz CT molecular complexity index is 1400. The first-order chi connectivity index (χ1) is 16.8. The Morgan fingerprint density at radius 3 is 1.97 bits per heavy atom. The molecule has 2 N–H and O–H groups in total. The van der Waals surface area contributed by atoms with Crippen molar-refractivity contribution >= 4 is 27.3 Å². The highest BCUT2D eigenvalue weighted by molar-refractivity contribution is 7.92. The number of sulfonamides is 1. The Hall–Kier alpha value is -4.10. The Morgan fingerprint density at radius 1 is 0.743 bits per heavy atom. The molecule has 35 heavy (non-hydrogen) atoms. The number of ether oxygens (including phenoxy) is 1. The summed E-state index contributed by atoms with van der Waals surface area (Å²) >= 11 is 0. The molecule has 0 saturated heterocycles. The zero-order chi connectivity index (χ0) is 24.8. The molecule has 0 saturated carbocycles. The van der Waals surface area contributed by atoms with E-state index in [1.807, 2.05) is 74.5 Å². The van der Waals surface area contributed by atoms with E-state index in [1.165, 1.54) is 12.1 Å².